The molecule has 0 spiro atoms. The number of anilines is 1. The van der Waals surface area contributed by atoms with Gasteiger partial charge in [0.1, 0.15) is 18.0 Å². The molecule has 6 heterocycles. The Hall–Kier alpha value is -3.51. The highest BCUT2D eigenvalue weighted by Crippen LogP contribution is 2.45. The van der Waals surface area contributed by atoms with Gasteiger partial charge in [-0.2, -0.15) is 4.98 Å². The van der Waals surface area contributed by atoms with Crippen LogP contribution in [0, 0.1) is 0 Å². The Bertz CT molecular complexity index is 1510. The molecular formula is C30H35F2N7O3. The number of carbonyl (C=O) groups excluding carboxylic acids is 1. The van der Waals surface area contributed by atoms with Gasteiger partial charge in [-0.15, -0.1) is 10.2 Å². The number of aromatic nitrogens is 5. The third-order valence-corrected chi connectivity index (χ3v) is 8.97. The summed E-state index contributed by atoms with van der Waals surface area (Å²) < 4.78 is 40.9. The first-order chi connectivity index (χ1) is 20.2. The van der Waals surface area contributed by atoms with Crippen molar-refractivity contribution in [2.24, 2.45) is 7.05 Å². The number of amides is 1. The Morgan fingerprint density at radius 1 is 1.12 bits per heavy atom. The summed E-state index contributed by atoms with van der Waals surface area (Å²) >= 11 is 0. The maximum Gasteiger partial charge on any atom is 0.260 e. The van der Waals surface area contributed by atoms with Crippen LogP contribution >= 0.6 is 0 Å². The average Bonchev–Trinajstić information content (AvgIpc) is 3.63. The minimum absolute atomic E-state index is 0.125. The predicted molar refractivity (Wildman–Crippen MR) is 149 cm³/mol. The van der Waals surface area contributed by atoms with E-state index in [4.69, 9.17) is 19.4 Å². The fourth-order valence-electron chi connectivity index (χ4n) is 6.25. The number of likely N-dealkylation sites (tertiary alicyclic amines) is 1. The number of piperidine rings is 1. The molecule has 3 aliphatic heterocycles. The molecule has 1 saturated carbocycles. The maximum absolute atomic E-state index is 14.0. The van der Waals surface area contributed by atoms with Gasteiger partial charge in [-0.3, -0.25) is 19.6 Å². The van der Waals surface area contributed by atoms with Gasteiger partial charge in [0, 0.05) is 80.2 Å². The van der Waals surface area contributed by atoms with Gasteiger partial charge in [-0.25, -0.2) is 8.78 Å². The molecule has 3 aromatic rings. The fourth-order valence-corrected chi connectivity index (χ4v) is 6.25. The minimum Gasteiger partial charge on any atom is -0.478 e. The largest absolute Gasteiger partial charge is 0.478 e. The van der Waals surface area contributed by atoms with E-state index in [0.29, 0.717) is 75.6 Å². The number of aryl methyl sites for hydroxylation is 1. The summed E-state index contributed by atoms with van der Waals surface area (Å²) in [6, 6.07) is 5.78. The second-order valence-electron chi connectivity index (χ2n) is 12.1. The molecule has 42 heavy (non-hydrogen) atoms. The van der Waals surface area contributed by atoms with E-state index in [1.807, 2.05) is 41.6 Å². The number of halogens is 2. The van der Waals surface area contributed by atoms with Crippen molar-refractivity contribution < 1.29 is 23.0 Å². The van der Waals surface area contributed by atoms with Crippen LogP contribution in [0.5, 0.6) is 5.88 Å². The first kappa shape index (κ1) is 27.3. The molecule has 12 heteroatoms. The van der Waals surface area contributed by atoms with Gasteiger partial charge in [0.15, 0.2) is 0 Å². The zero-order chi connectivity index (χ0) is 29.1. The summed E-state index contributed by atoms with van der Waals surface area (Å²) in [6.45, 7) is 4.88. The van der Waals surface area contributed by atoms with Crippen molar-refractivity contribution in [2.45, 2.75) is 69.4 Å². The monoisotopic (exact) mass is 579 g/mol. The van der Waals surface area contributed by atoms with Crippen LogP contribution < -0.4 is 9.64 Å². The molecule has 0 radical (unpaired) electrons. The Kier molecular flexibility index (Phi) is 6.73. The molecule has 0 unspecified atom stereocenters. The lowest BCUT2D eigenvalue weighted by atomic mass is 9.75. The van der Waals surface area contributed by atoms with Crippen LogP contribution in [0.15, 0.2) is 24.5 Å². The number of nitrogens with zero attached hydrogens (tertiary/aromatic N) is 7. The molecule has 1 amide bonds. The molecule has 3 fully saturated rings. The summed E-state index contributed by atoms with van der Waals surface area (Å²) in [6.07, 6.45) is 4.11. The van der Waals surface area contributed by atoms with E-state index in [9.17, 15) is 13.6 Å². The van der Waals surface area contributed by atoms with Crippen LogP contribution in [0.4, 0.5) is 14.6 Å². The van der Waals surface area contributed by atoms with Crippen LogP contribution in [0.3, 0.4) is 0 Å². The van der Waals surface area contributed by atoms with Crippen molar-refractivity contribution in [1.29, 1.82) is 0 Å². The minimum atomic E-state index is -2.60. The van der Waals surface area contributed by atoms with Gasteiger partial charge < -0.3 is 14.0 Å². The van der Waals surface area contributed by atoms with Gasteiger partial charge in [-0.1, -0.05) is 0 Å². The maximum atomic E-state index is 14.0. The molecule has 222 valence electrons. The van der Waals surface area contributed by atoms with Gasteiger partial charge in [0.2, 0.25) is 5.88 Å². The first-order valence-electron chi connectivity index (χ1n) is 14.7. The van der Waals surface area contributed by atoms with Crippen LogP contribution in [0.1, 0.15) is 77.2 Å². The SMILES string of the molecule is CCOc1cc(C2(Cc3nncn3C)COC2)cc(N2Cc3c(cc(CN4CCC(F)(F)CC4)nc3C3CC3)C2=O)n1. The molecule has 0 atom stereocenters. The van der Waals surface area contributed by atoms with E-state index in [2.05, 4.69) is 10.2 Å². The highest BCUT2D eigenvalue weighted by Gasteiger charge is 2.44. The smallest absolute Gasteiger partial charge is 0.260 e. The van der Waals surface area contributed by atoms with Crippen molar-refractivity contribution >= 4 is 11.7 Å². The van der Waals surface area contributed by atoms with Crippen LogP contribution in [-0.2, 0) is 36.7 Å². The van der Waals surface area contributed by atoms with Gasteiger partial charge in [0.05, 0.1) is 32.1 Å². The van der Waals surface area contributed by atoms with Crippen molar-refractivity contribution in [3.8, 4) is 5.88 Å². The van der Waals surface area contributed by atoms with Crippen molar-refractivity contribution in [3.63, 3.8) is 0 Å². The molecule has 4 aliphatic rings. The summed E-state index contributed by atoms with van der Waals surface area (Å²) in [5.41, 5.74) is 3.96. The molecule has 0 aromatic carbocycles. The Morgan fingerprint density at radius 3 is 2.55 bits per heavy atom. The van der Waals surface area contributed by atoms with E-state index in [1.54, 1.807) is 11.2 Å². The van der Waals surface area contributed by atoms with E-state index >= 15 is 0 Å². The molecular weight excluding hydrogens is 544 g/mol. The summed E-state index contributed by atoms with van der Waals surface area (Å²) in [7, 11) is 1.92. The molecule has 0 N–H and O–H groups in total. The highest BCUT2D eigenvalue weighted by atomic mass is 19.3. The number of alkyl halides is 2. The fraction of sp³-hybridized carbons (Fsp3) is 0.567. The van der Waals surface area contributed by atoms with E-state index in [1.165, 1.54) is 0 Å². The van der Waals surface area contributed by atoms with E-state index in [-0.39, 0.29) is 24.2 Å². The molecule has 0 bridgehead atoms. The number of rotatable bonds is 9. The lowest BCUT2D eigenvalue weighted by molar-refractivity contribution is -0.0612. The first-order valence-corrected chi connectivity index (χ1v) is 14.7. The quantitative estimate of drug-likeness (QED) is 0.378. The molecule has 1 aliphatic carbocycles. The highest BCUT2D eigenvalue weighted by molar-refractivity contribution is 6.10. The summed E-state index contributed by atoms with van der Waals surface area (Å²) in [4.78, 5) is 27.5. The summed E-state index contributed by atoms with van der Waals surface area (Å²) in [5, 5.41) is 8.33. The van der Waals surface area contributed by atoms with E-state index < -0.39 is 5.92 Å². The van der Waals surface area contributed by atoms with Crippen LogP contribution in [-0.4, -0.2) is 74.4 Å². The third kappa shape index (κ3) is 5.04. The Morgan fingerprint density at radius 2 is 1.90 bits per heavy atom. The van der Waals surface area contributed by atoms with Gasteiger partial charge in [-0.05, 0) is 37.5 Å². The number of pyridine rings is 2. The van der Waals surface area contributed by atoms with Crippen LogP contribution in [0.2, 0.25) is 0 Å². The number of hydrogen-bond donors (Lipinski definition) is 0. The van der Waals surface area contributed by atoms with Crippen LogP contribution in [0.25, 0.3) is 0 Å². The van der Waals surface area contributed by atoms with E-state index in [0.717, 1.165) is 41.2 Å². The predicted octanol–water partition coefficient (Wildman–Crippen LogP) is 3.78. The summed E-state index contributed by atoms with van der Waals surface area (Å²) in [5.74, 6) is -0.552. The molecule has 10 nitrogen and oxygen atoms in total. The number of fused-ring (bicyclic) bond motifs is 1. The third-order valence-electron chi connectivity index (χ3n) is 8.97. The Balaban J connectivity index is 1.20. The normalized spacial score (nSPS) is 21.3. The van der Waals surface area contributed by atoms with Crippen molar-refractivity contribution in [3.05, 3.63) is 58.4 Å². The molecule has 2 saturated heterocycles. The molecule has 3 aromatic heterocycles. The number of hydrogen-bond acceptors (Lipinski definition) is 8. The van der Waals surface area contributed by atoms with Crippen molar-refractivity contribution in [2.75, 3.05) is 37.8 Å². The van der Waals surface area contributed by atoms with Gasteiger partial charge >= 0.3 is 0 Å². The zero-order valence-corrected chi connectivity index (χ0v) is 24.0. The second kappa shape index (κ2) is 10.3. The van der Waals surface area contributed by atoms with Gasteiger partial charge in [0.25, 0.3) is 11.8 Å². The lowest BCUT2D eigenvalue weighted by Crippen LogP contribution is -2.49. The topological polar surface area (TPSA) is 98.5 Å². The zero-order valence-electron chi connectivity index (χ0n) is 24.0. The standard InChI is InChI=1S/C30H35F2N7O3/c1-3-42-26-11-20(29(16-41-17-29)13-25-36-33-18-37(25)2)10-24(35-26)39-15-23-22(28(39)40)12-21(34-27(23)19-4-5-19)14-38-8-6-30(31,32)7-9-38/h10-12,18-19H,3-9,13-17H2,1-2H3. The lowest BCUT2D eigenvalue weighted by Gasteiger charge is -2.42. The molecule has 7 rings (SSSR count). The van der Waals surface area contributed by atoms with Crippen molar-refractivity contribution in [1.82, 2.24) is 29.6 Å². The Labute approximate surface area is 243 Å². The number of ether oxygens (including phenoxy) is 2. The number of carbonyl (C=O) groups is 1. The average molecular weight is 580 g/mol. The second-order valence-corrected chi connectivity index (χ2v) is 12.1.